The first kappa shape index (κ1) is 58.5. The summed E-state index contributed by atoms with van der Waals surface area (Å²) >= 11 is 0. The number of rotatable bonds is 17. The summed E-state index contributed by atoms with van der Waals surface area (Å²) in [5.41, 5.74) is 23.1. The molecule has 1 aromatic carbocycles. The first-order valence-corrected chi connectivity index (χ1v) is 24.3. The summed E-state index contributed by atoms with van der Waals surface area (Å²) in [6.45, 7) is 6.72. The van der Waals surface area contributed by atoms with Crippen LogP contribution in [-0.4, -0.2) is 136 Å². The monoisotopic (exact) mass is 999 g/mol. The van der Waals surface area contributed by atoms with Gasteiger partial charge in [-0.2, -0.15) is 0 Å². The normalized spacial score (nSPS) is 24.3. The van der Waals surface area contributed by atoms with E-state index < -0.39 is 139 Å². The number of amides is 11. The van der Waals surface area contributed by atoms with Crippen LogP contribution >= 0.6 is 0 Å². The van der Waals surface area contributed by atoms with Gasteiger partial charge in [0.05, 0.1) is 19.0 Å². The summed E-state index contributed by atoms with van der Waals surface area (Å²) in [6.07, 6.45) is 1.43. The molecule has 0 radical (unpaired) electrons. The van der Waals surface area contributed by atoms with E-state index in [1.807, 2.05) is 13.8 Å². The standard InChI is InChI=1S/C47H74N12O12/c1-5-26(4)39-46(70)53-30(18-19-36(49)61)42(66)56-34(23-37(50)62)43(67)54-31(47(71)59-20-10-13-35(59)45(69)57-32(21-25(2)3)41(65)52-24-38(51)63)12-9-7-6-8-11-29(48)40(64)55-33(44(68)58-39)22-27-14-16-28(60)17-15-27/h14-17,25-26,29-35,39,60H,5-13,18-24,48H2,1-4H3,(H2,49,61)(H2,50,62)(H2,51,63)(H,52,65)(H,53,70)(H,54,67)(H,55,64)(H,56,66)(H,57,69)(H,58,68)/t26-,29-,30?,31-,32-,33-,34-,35-,39-/m0/s1. The number of carbonyl (C=O) groups excluding carboxylic acids is 11. The second-order valence-corrected chi connectivity index (χ2v) is 18.8. The molecule has 2 aliphatic rings. The third-order valence-electron chi connectivity index (χ3n) is 12.5. The minimum Gasteiger partial charge on any atom is -0.508 e. The van der Waals surface area contributed by atoms with Crippen molar-refractivity contribution in [3.63, 3.8) is 0 Å². The number of phenolic OH excluding ortho intramolecular Hbond substituents is 1. The van der Waals surface area contributed by atoms with Crippen molar-refractivity contribution < 1.29 is 57.8 Å². The molecule has 16 N–H and O–H groups in total. The predicted octanol–water partition coefficient (Wildman–Crippen LogP) is -2.65. The molecular weight excluding hydrogens is 925 g/mol. The van der Waals surface area contributed by atoms with E-state index in [1.54, 1.807) is 26.0 Å². The van der Waals surface area contributed by atoms with Crippen LogP contribution in [0.1, 0.15) is 117 Å². The average molecular weight is 999 g/mol. The molecule has 2 aliphatic heterocycles. The fraction of sp³-hybridized carbons (Fsp3) is 0.638. The van der Waals surface area contributed by atoms with Gasteiger partial charge in [0.15, 0.2) is 0 Å². The molecule has 0 bridgehead atoms. The van der Waals surface area contributed by atoms with Gasteiger partial charge in [-0.25, -0.2) is 0 Å². The van der Waals surface area contributed by atoms with Crippen LogP contribution in [0.2, 0.25) is 0 Å². The lowest BCUT2D eigenvalue weighted by Crippen LogP contribution is -2.61. The Morgan fingerprint density at radius 2 is 1.32 bits per heavy atom. The molecule has 0 saturated carbocycles. The summed E-state index contributed by atoms with van der Waals surface area (Å²) in [5.74, 6) is -9.62. The quantitative estimate of drug-likeness (QED) is 0.0760. The lowest BCUT2D eigenvalue weighted by Gasteiger charge is -2.31. The van der Waals surface area contributed by atoms with Crippen LogP contribution in [0, 0.1) is 11.8 Å². The second kappa shape index (κ2) is 28.7. The largest absolute Gasteiger partial charge is 0.508 e. The van der Waals surface area contributed by atoms with E-state index in [9.17, 15) is 57.8 Å². The number of nitrogens with two attached hydrogens (primary N) is 4. The van der Waals surface area contributed by atoms with E-state index in [2.05, 4.69) is 37.2 Å². The highest BCUT2D eigenvalue weighted by molar-refractivity contribution is 5.99. The van der Waals surface area contributed by atoms with Crippen molar-refractivity contribution in [3.05, 3.63) is 29.8 Å². The molecule has 1 unspecified atom stereocenters. The molecule has 24 heteroatoms. The van der Waals surface area contributed by atoms with E-state index in [1.165, 1.54) is 17.0 Å². The molecule has 2 heterocycles. The number of phenols is 1. The fourth-order valence-electron chi connectivity index (χ4n) is 8.31. The van der Waals surface area contributed by atoms with Crippen LogP contribution in [0.25, 0.3) is 0 Å². The molecule has 2 fully saturated rings. The molecule has 0 aliphatic carbocycles. The zero-order valence-electron chi connectivity index (χ0n) is 41.1. The third kappa shape index (κ3) is 19.5. The Kier molecular flexibility index (Phi) is 23.7. The van der Waals surface area contributed by atoms with Gasteiger partial charge in [0.1, 0.15) is 48.0 Å². The van der Waals surface area contributed by atoms with Crippen LogP contribution in [-0.2, 0) is 59.2 Å². The second-order valence-electron chi connectivity index (χ2n) is 18.8. The molecule has 1 aromatic rings. The zero-order valence-corrected chi connectivity index (χ0v) is 41.1. The minimum atomic E-state index is -1.72. The highest BCUT2D eigenvalue weighted by Gasteiger charge is 2.40. The van der Waals surface area contributed by atoms with Crippen molar-refractivity contribution in [2.45, 2.75) is 166 Å². The van der Waals surface area contributed by atoms with Crippen molar-refractivity contribution >= 4 is 65.0 Å². The Balaban J connectivity index is 2.02. The van der Waals surface area contributed by atoms with E-state index in [0.717, 1.165) is 0 Å². The lowest BCUT2D eigenvalue weighted by atomic mass is 9.96. The van der Waals surface area contributed by atoms with Crippen molar-refractivity contribution in [2.75, 3.05) is 13.1 Å². The van der Waals surface area contributed by atoms with Crippen molar-refractivity contribution in [2.24, 2.45) is 34.8 Å². The van der Waals surface area contributed by atoms with E-state index in [4.69, 9.17) is 22.9 Å². The van der Waals surface area contributed by atoms with E-state index in [0.29, 0.717) is 44.1 Å². The Bertz CT molecular complexity index is 2070. The topological polar surface area (TPSA) is 400 Å². The zero-order chi connectivity index (χ0) is 52.9. The number of benzene rings is 1. The molecule has 2 saturated heterocycles. The van der Waals surface area contributed by atoms with Crippen LogP contribution in [0.3, 0.4) is 0 Å². The number of primary amides is 3. The highest BCUT2D eigenvalue weighted by Crippen LogP contribution is 2.22. The maximum atomic E-state index is 14.5. The Morgan fingerprint density at radius 1 is 0.718 bits per heavy atom. The van der Waals surface area contributed by atoms with Gasteiger partial charge in [-0.05, 0) is 68.1 Å². The van der Waals surface area contributed by atoms with Crippen molar-refractivity contribution in [1.82, 2.24) is 42.1 Å². The molecule has 9 atom stereocenters. The summed E-state index contributed by atoms with van der Waals surface area (Å²) in [7, 11) is 0. The number of likely N-dealkylation sites (tertiary alicyclic amines) is 1. The Labute approximate surface area is 413 Å². The van der Waals surface area contributed by atoms with Crippen LogP contribution < -0.4 is 60.2 Å². The van der Waals surface area contributed by atoms with Gasteiger partial charge in [-0.3, -0.25) is 52.7 Å². The molecule has 24 nitrogen and oxygen atoms in total. The van der Waals surface area contributed by atoms with Crippen molar-refractivity contribution in [1.29, 1.82) is 0 Å². The Morgan fingerprint density at radius 3 is 1.93 bits per heavy atom. The summed E-state index contributed by atoms with van der Waals surface area (Å²) in [6, 6.07) is -4.47. The van der Waals surface area contributed by atoms with Crippen LogP contribution in [0.15, 0.2) is 24.3 Å². The summed E-state index contributed by atoms with van der Waals surface area (Å²) in [4.78, 5) is 148. The van der Waals surface area contributed by atoms with Gasteiger partial charge in [0, 0.05) is 19.4 Å². The van der Waals surface area contributed by atoms with E-state index >= 15 is 0 Å². The van der Waals surface area contributed by atoms with Gasteiger partial charge in [-0.1, -0.05) is 71.9 Å². The number of nitrogens with one attached hydrogen (secondary N) is 7. The third-order valence-corrected chi connectivity index (χ3v) is 12.5. The molecule has 3 rings (SSSR count). The van der Waals surface area contributed by atoms with Gasteiger partial charge in [0.25, 0.3) is 0 Å². The SMILES string of the molecule is CC[C@H](C)[C@@H]1NC(=O)[C@H](Cc2ccc(O)cc2)NC(=O)[C@@H](N)CCCCCC[C@@H](C(=O)N2CCC[C@H]2C(=O)N[C@@H](CC(C)C)C(=O)NCC(N)=O)NC(=O)[C@H](CC(N)=O)NC(=O)C(CCC(N)=O)NC1=O. The number of nitrogens with zero attached hydrogens (tertiary/aromatic N) is 1. The number of carbonyl (C=O) groups is 11. The molecule has 394 valence electrons. The average Bonchev–Trinajstić information content (AvgIpc) is 3.81. The van der Waals surface area contributed by atoms with E-state index in [-0.39, 0.29) is 56.7 Å². The molecule has 0 spiro atoms. The van der Waals surface area contributed by atoms with Crippen LogP contribution in [0.4, 0.5) is 0 Å². The number of aromatic hydroxyl groups is 1. The number of hydrogen-bond acceptors (Lipinski definition) is 13. The number of hydrogen-bond donors (Lipinski definition) is 12. The predicted molar refractivity (Wildman–Crippen MR) is 257 cm³/mol. The lowest BCUT2D eigenvalue weighted by molar-refractivity contribution is -0.143. The van der Waals surface area contributed by atoms with Gasteiger partial charge in [0.2, 0.25) is 65.0 Å². The maximum Gasteiger partial charge on any atom is 0.245 e. The smallest absolute Gasteiger partial charge is 0.245 e. The van der Waals surface area contributed by atoms with Gasteiger partial charge >= 0.3 is 0 Å². The fourth-order valence-corrected chi connectivity index (χ4v) is 8.31. The first-order chi connectivity index (χ1) is 33.5. The van der Waals surface area contributed by atoms with Gasteiger partial charge < -0.3 is 70.2 Å². The van der Waals surface area contributed by atoms with Crippen molar-refractivity contribution in [3.8, 4) is 5.75 Å². The molecule has 0 aromatic heterocycles. The van der Waals surface area contributed by atoms with Crippen LogP contribution in [0.5, 0.6) is 5.75 Å². The van der Waals surface area contributed by atoms with Gasteiger partial charge in [-0.15, -0.1) is 0 Å². The molecular formula is C47H74N12O12. The maximum absolute atomic E-state index is 14.5. The molecule has 71 heavy (non-hydrogen) atoms. The molecule has 11 amide bonds. The minimum absolute atomic E-state index is 0.00698. The highest BCUT2D eigenvalue weighted by atomic mass is 16.3. The Hall–Kier alpha value is -6.85. The first-order valence-electron chi connectivity index (χ1n) is 24.3. The summed E-state index contributed by atoms with van der Waals surface area (Å²) < 4.78 is 0. The summed E-state index contributed by atoms with van der Waals surface area (Å²) in [5, 5.41) is 28.0.